The summed E-state index contributed by atoms with van der Waals surface area (Å²) in [7, 11) is 0. The molecule has 37 heavy (non-hydrogen) atoms. The van der Waals surface area contributed by atoms with Gasteiger partial charge < -0.3 is 38.7 Å². The number of carbonyl (C=O) groups is 6. The minimum Gasteiger partial charge on any atom is -0.466 e. The average Bonchev–Trinajstić information content (AvgIpc) is 2.90. The van der Waals surface area contributed by atoms with Gasteiger partial charge in [0.05, 0.1) is 39.4 Å². The first-order valence-electron chi connectivity index (χ1n) is 12.2. The quantitative estimate of drug-likeness (QED) is 0.232. The van der Waals surface area contributed by atoms with Gasteiger partial charge in [-0.3, -0.25) is 14.4 Å². The number of hydrogen-bond donors (Lipinski definition) is 2. The van der Waals surface area contributed by atoms with E-state index in [2.05, 4.69) is 9.47 Å². The van der Waals surface area contributed by atoms with E-state index in [1.54, 1.807) is 0 Å². The zero-order valence-electron chi connectivity index (χ0n) is 23.2. The molecule has 1 aliphatic rings. The molecule has 0 radical (unpaired) electrons. The number of rotatable bonds is 10. The Morgan fingerprint density at radius 3 is 1.89 bits per heavy atom. The molecule has 0 aromatic rings. The van der Waals surface area contributed by atoms with Gasteiger partial charge in [-0.2, -0.15) is 0 Å². The highest BCUT2D eigenvalue weighted by Gasteiger charge is 2.52. The van der Waals surface area contributed by atoms with Gasteiger partial charge >= 0.3 is 35.8 Å². The van der Waals surface area contributed by atoms with Crippen LogP contribution in [0, 0.1) is 0 Å². The fourth-order valence-electron chi connectivity index (χ4n) is 2.58. The fourth-order valence-corrected chi connectivity index (χ4v) is 2.58. The van der Waals surface area contributed by atoms with Crippen molar-refractivity contribution in [1.82, 2.24) is 0 Å². The normalized spacial score (nSPS) is 21.6. The highest BCUT2D eigenvalue weighted by atomic mass is 16.9. The van der Waals surface area contributed by atoms with E-state index < -0.39 is 72.7 Å². The molecular weight excluding hydrogens is 496 g/mol. The van der Waals surface area contributed by atoms with E-state index in [4.69, 9.17) is 14.2 Å². The minimum atomic E-state index is -2.69. The van der Waals surface area contributed by atoms with Crippen LogP contribution < -0.4 is 0 Å². The number of aldehydes is 1. The second-order valence-corrected chi connectivity index (χ2v) is 6.69. The topological polar surface area (TPSA) is 189 Å². The standard InChI is InChI=1S/C18H24O13.3C2H6/c1-4-27-11(20)8-18(26,14(23)28-5-2)10-13(22)30-16(3)29-12(21)9-17(25,6-7-19)15(24)31-16;3*1-2/h7,25-26H,4-6,8-10H2,1-3H3;3*1-2H3. The van der Waals surface area contributed by atoms with Gasteiger partial charge in [0.1, 0.15) is 6.29 Å². The zero-order valence-corrected chi connectivity index (χ0v) is 23.2. The van der Waals surface area contributed by atoms with Crippen molar-refractivity contribution in [2.45, 2.75) is 105 Å². The van der Waals surface area contributed by atoms with Crippen LogP contribution >= 0.6 is 0 Å². The molecule has 1 aliphatic heterocycles. The Morgan fingerprint density at radius 2 is 1.43 bits per heavy atom. The van der Waals surface area contributed by atoms with E-state index in [9.17, 15) is 39.0 Å². The Kier molecular flexibility index (Phi) is 19.9. The molecule has 0 aromatic carbocycles. The summed E-state index contributed by atoms with van der Waals surface area (Å²) in [4.78, 5) is 70.9. The van der Waals surface area contributed by atoms with E-state index in [0.717, 1.165) is 6.92 Å². The molecule has 1 fully saturated rings. The van der Waals surface area contributed by atoms with Crippen molar-refractivity contribution in [1.29, 1.82) is 0 Å². The molecule has 3 unspecified atom stereocenters. The lowest BCUT2D eigenvalue weighted by molar-refractivity contribution is -0.319. The maximum atomic E-state index is 12.3. The van der Waals surface area contributed by atoms with Crippen molar-refractivity contribution < 1.29 is 62.7 Å². The summed E-state index contributed by atoms with van der Waals surface area (Å²) in [5.41, 5.74) is -5.22. The first-order valence-corrected chi connectivity index (χ1v) is 12.2. The molecule has 1 saturated heterocycles. The number of hydrogen-bond acceptors (Lipinski definition) is 13. The van der Waals surface area contributed by atoms with Crippen LogP contribution in [-0.2, 0) is 52.5 Å². The first-order chi connectivity index (χ1) is 17.3. The van der Waals surface area contributed by atoms with Crippen molar-refractivity contribution in [2.24, 2.45) is 0 Å². The third-order valence-electron chi connectivity index (χ3n) is 3.95. The van der Waals surface area contributed by atoms with Gasteiger partial charge in [0.15, 0.2) is 11.2 Å². The highest BCUT2D eigenvalue weighted by molar-refractivity contribution is 5.91. The number of aliphatic hydroxyl groups is 2. The molecule has 0 aromatic heterocycles. The van der Waals surface area contributed by atoms with Crippen LogP contribution in [0.5, 0.6) is 0 Å². The van der Waals surface area contributed by atoms with E-state index in [1.807, 2.05) is 41.5 Å². The van der Waals surface area contributed by atoms with Gasteiger partial charge in [-0.25, -0.2) is 9.59 Å². The lowest BCUT2D eigenvalue weighted by Crippen LogP contribution is -2.48. The molecule has 0 saturated carbocycles. The van der Waals surface area contributed by atoms with Crippen molar-refractivity contribution in [3.63, 3.8) is 0 Å². The van der Waals surface area contributed by atoms with Gasteiger partial charge in [0.25, 0.3) is 0 Å². The summed E-state index contributed by atoms with van der Waals surface area (Å²) in [5, 5.41) is 20.7. The van der Waals surface area contributed by atoms with E-state index in [1.165, 1.54) is 13.8 Å². The van der Waals surface area contributed by atoms with Gasteiger partial charge in [-0.05, 0) is 13.8 Å². The summed E-state index contributed by atoms with van der Waals surface area (Å²) < 4.78 is 23.6. The first kappa shape index (κ1) is 38.5. The Balaban J connectivity index is -0.00000179. The van der Waals surface area contributed by atoms with E-state index in [-0.39, 0.29) is 19.5 Å². The number of esters is 5. The lowest BCUT2D eigenvalue weighted by atomic mass is 9.95. The van der Waals surface area contributed by atoms with Crippen LogP contribution in [0.15, 0.2) is 0 Å². The molecule has 13 heteroatoms. The molecule has 3 atom stereocenters. The summed E-state index contributed by atoms with van der Waals surface area (Å²) in [6.45, 7) is 15.5. The highest BCUT2D eigenvalue weighted by Crippen LogP contribution is 2.30. The second kappa shape index (κ2) is 19.1. The van der Waals surface area contributed by atoms with Crippen LogP contribution in [0.2, 0.25) is 0 Å². The van der Waals surface area contributed by atoms with E-state index >= 15 is 0 Å². The summed E-state index contributed by atoms with van der Waals surface area (Å²) >= 11 is 0. The largest absolute Gasteiger partial charge is 0.466 e. The van der Waals surface area contributed by atoms with Gasteiger partial charge in [-0.1, -0.05) is 41.5 Å². The lowest BCUT2D eigenvalue weighted by Gasteiger charge is -2.29. The van der Waals surface area contributed by atoms with Crippen molar-refractivity contribution in [3.05, 3.63) is 0 Å². The van der Waals surface area contributed by atoms with Crippen LogP contribution in [0.4, 0.5) is 0 Å². The molecule has 0 bridgehead atoms. The molecule has 216 valence electrons. The predicted molar refractivity (Wildman–Crippen MR) is 128 cm³/mol. The van der Waals surface area contributed by atoms with Crippen molar-refractivity contribution in [3.8, 4) is 0 Å². The summed E-state index contributed by atoms with van der Waals surface area (Å²) in [6.07, 6.45) is -3.67. The van der Waals surface area contributed by atoms with Crippen LogP contribution in [-0.4, -0.2) is 76.7 Å². The molecule has 1 heterocycles. The minimum absolute atomic E-state index is 0.0597. The van der Waals surface area contributed by atoms with Crippen LogP contribution in [0.25, 0.3) is 0 Å². The van der Waals surface area contributed by atoms with Gasteiger partial charge in [-0.15, -0.1) is 0 Å². The smallest absolute Gasteiger partial charge is 0.420 e. The maximum Gasteiger partial charge on any atom is 0.420 e. The molecule has 0 aliphatic carbocycles. The SMILES string of the molecule is CC.CC.CC.CCOC(=O)CC(O)(CC(=O)OC1(C)OC(=O)CC(O)(CC=O)C(=O)O1)C(=O)OCC. The Bertz CT molecular complexity index is 751. The van der Waals surface area contributed by atoms with Gasteiger partial charge in [0.2, 0.25) is 0 Å². The van der Waals surface area contributed by atoms with Gasteiger partial charge in [0, 0.05) is 6.42 Å². The molecule has 13 nitrogen and oxygen atoms in total. The molecule has 2 N–H and O–H groups in total. The molecule has 0 amide bonds. The van der Waals surface area contributed by atoms with Crippen LogP contribution in [0.1, 0.15) is 88.0 Å². The predicted octanol–water partition coefficient (Wildman–Crippen LogP) is 1.73. The Hall–Kier alpha value is -3.06. The average molecular weight is 539 g/mol. The second-order valence-electron chi connectivity index (χ2n) is 6.69. The molecule has 1 rings (SSSR count). The molecule has 0 spiro atoms. The summed E-state index contributed by atoms with van der Waals surface area (Å²) in [5.74, 6) is -9.16. The number of ether oxygens (including phenoxy) is 5. The van der Waals surface area contributed by atoms with Crippen molar-refractivity contribution in [2.75, 3.05) is 13.2 Å². The third kappa shape index (κ3) is 13.2. The van der Waals surface area contributed by atoms with E-state index in [0.29, 0.717) is 0 Å². The fraction of sp³-hybridized carbons (Fsp3) is 0.750. The summed E-state index contributed by atoms with van der Waals surface area (Å²) in [6, 6.07) is 0. The Morgan fingerprint density at radius 1 is 0.946 bits per heavy atom. The molecular formula is C24H42O13. The number of carbonyl (C=O) groups excluding carboxylic acids is 6. The maximum absolute atomic E-state index is 12.3. The monoisotopic (exact) mass is 538 g/mol. The van der Waals surface area contributed by atoms with Crippen molar-refractivity contribution >= 4 is 36.1 Å². The zero-order chi connectivity index (χ0) is 29.9. The Labute approximate surface area is 217 Å². The number of cyclic esters (lactones) is 2. The third-order valence-corrected chi connectivity index (χ3v) is 3.95. The van der Waals surface area contributed by atoms with Crippen LogP contribution in [0.3, 0.4) is 0 Å².